The lowest BCUT2D eigenvalue weighted by Gasteiger charge is -2.19. The molecule has 0 fully saturated rings. The van der Waals surface area contributed by atoms with Gasteiger partial charge in [0.05, 0.1) is 13.0 Å². The van der Waals surface area contributed by atoms with Crippen molar-refractivity contribution in [1.82, 2.24) is 5.32 Å². The van der Waals surface area contributed by atoms with Crippen LogP contribution in [0.15, 0.2) is 18.2 Å². The minimum Gasteiger partial charge on any atom is -0.466 e. The molecule has 1 unspecified atom stereocenters. The molecule has 0 saturated carbocycles. The van der Waals surface area contributed by atoms with Crippen LogP contribution in [0.2, 0.25) is 0 Å². The Kier molecular flexibility index (Phi) is 7.37. The SMILES string of the molecule is CCOC(=O)CC(Cc1ccc(F)c(C)c1)NCC(C)C. The van der Waals surface area contributed by atoms with Gasteiger partial charge in [-0.2, -0.15) is 0 Å². The van der Waals surface area contributed by atoms with Crippen LogP contribution in [0.1, 0.15) is 38.3 Å². The molecule has 1 atom stereocenters. The smallest absolute Gasteiger partial charge is 0.307 e. The highest BCUT2D eigenvalue weighted by Gasteiger charge is 2.16. The van der Waals surface area contributed by atoms with Gasteiger partial charge in [0.1, 0.15) is 5.82 Å². The van der Waals surface area contributed by atoms with Gasteiger partial charge in [0.2, 0.25) is 0 Å². The van der Waals surface area contributed by atoms with Gasteiger partial charge in [-0.05, 0) is 49.9 Å². The fourth-order valence-electron chi connectivity index (χ4n) is 2.16. The highest BCUT2D eigenvalue weighted by molar-refractivity contribution is 5.70. The van der Waals surface area contributed by atoms with E-state index in [1.54, 1.807) is 19.9 Å². The monoisotopic (exact) mass is 295 g/mol. The van der Waals surface area contributed by atoms with Gasteiger partial charge in [0.15, 0.2) is 0 Å². The first-order valence-electron chi connectivity index (χ1n) is 7.56. The van der Waals surface area contributed by atoms with Gasteiger partial charge < -0.3 is 10.1 Å². The van der Waals surface area contributed by atoms with Crippen LogP contribution in [0.4, 0.5) is 4.39 Å². The Bertz CT molecular complexity index is 460. The summed E-state index contributed by atoms with van der Waals surface area (Å²) in [6.07, 6.45) is 1.02. The van der Waals surface area contributed by atoms with E-state index in [4.69, 9.17) is 4.74 Å². The molecule has 0 aliphatic rings. The van der Waals surface area contributed by atoms with E-state index >= 15 is 0 Å². The lowest BCUT2D eigenvalue weighted by molar-refractivity contribution is -0.143. The number of ether oxygens (including phenoxy) is 1. The molecule has 0 spiro atoms. The summed E-state index contributed by atoms with van der Waals surface area (Å²) in [6, 6.07) is 5.10. The van der Waals surface area contributed by atoms with Gasteiger partial charge in [-0.3, -0.25) is 4.79 Å². The van der Waals surface area contributed by atoms with Gasteiger partial charge >= 0.3 is 5.97 Å². The van der Waals surface area contributed by atoms with Crippen LogP contribution in [0.5, 0.6) is 0 Å². The third-order valence-corrected chi connectivity index (χ3v) is 3.24. The molecule has 1 rings (SSSR count). The van der Waals surface area contributed by atoms with Crippen molar-refractivity contribution in [2.75, 3.05) is 13.2 Å². The second-order valence-electron chi connectivity index (χ2n) is 5.80. The molecule has 0 radical (unpaired) electrons. The number of benzene rings is 1. The number of hydrogen-bond acceptors (Lipinski definition) is 3. The van der Waals surface area contributed by atoms with Crippen LogP contribution in [-0.4, -0.2) is 25.2 Å². The Morgan fingerprint density at radius 3 is 2.67 bits per heavy atom. The van der Waals surface area contributed by atoms with Crippen molar-refractivity contribution in [3.63, 3.8) is 0 Å². The molecule has 1 aromatic rings. The second kappa shape index (κ2) is 8.78. The van der Waals surface area contributed by atoms with Crippen LogP contribution < -0.4 is 5.32 Å². The van der Waals surface area contributed by atoms with E-state index < -0.39 is 0 Å². The molecule has 0 aliphatic carbocycles. The first-order valence-corrected chi connectivity index (χ1v) is 7.56. The van der Waals surface area contributed by atoms with Gasteiger partial charge in [-0.25, -0.2) is 4.39 Å². The summed E-state index contributed by atoms with van der Waals surface area (Å²) in [5.41, 5.74) is 1.66. The summed E-state index contributed by atoms with van der Waals surface area (Å²) < 4.78 is 18.3. The Morgan fingerprint density at radius 2 is 2.10 bits per heavy atom. The maximum atomic E-state index is 13.3. The quantitative estimate of drug-likeness (QED) is 0.748. The zero-order chi connectivity index (χ0) is 15.8. The molecule has 1 aromatic carbocycles. The summed E-state index contributed by atoms with van der Waals surface area (Å²) in [7, 11) is 0. The highest BCUT2D eigenvalue weighted by atomic mass is 19.1. The largest absolute Gasteiger partial charge is 0.466 e. The van der Waals surface area contributed by atoms with Crippen molar-refractivity contribution < 1.29 is 13.9 Å². The molecule has 118 valence electrons. The van der Waals surface area contributed by atoms with E-state index in [9.17, 15) is 9.18 Å². The maximum Gasteiger partial charge on any atom is 0.307 e. The number of nitrogens with one attached hydrogen (secondary N) is 1. The molecule has 3 nitrogen and oxygen atoms in total. The molecule has 21 heavy (non-hydrogen) atoms. The molecule has 0 saturated heterocycles. The van der Waals surface area contributed by atoms with Crippen LogP contribution in [-0.2, 0) is 16.0 Å². The summed E-state index contributed by atoms with van der Waals surface area (Å²) in [6.45, 7) is 9.03. The molecular weight excluding hydrogens is 269 g/mol. The highest BCUT2D eigenvalue weighted by Crippen LogP contribution is 2.13. The zero-order valence-electron chi connectivity index (χ0n) is 13.4. The second-order valence-corrected chi connectivity index (χ2v) is 5.80. The van der Waals surface area contributed by atoms with Crippen LogP contribution in [0.3, 0.4) is 0 Å². The number of carbonyl (C=O) groups is 1. The zero-order valence-corrected chi connectivity index (χ0v) is 13.4. The third-order valence-electron chi connectivity index (χ3n) is 3.24. The number of carbonyl (C=O) groups excluding carboxylic acids is 1. The third kappa shape index (κ3) is 6.71. The first kappa shape index (κ1) is 17.6. The van der Waals surface area contributed by atoms with Gasteiger partial charge in [0, 0.05) is 6.04 Å². The Labute approximate surface area is 126 Å². The van der Waals surface area contributed by atoms with E-state index in [0.717, 1.165) is 12.1 Å². The summed E-state index contributed by atoms with van der Waals surface area (Å²) >= 11 is 0. The Morgan fingerprint density at radius 1 is 1.38 bits per heavy atom. The van der Waals surface area contributed by atoms with Crippen molar-refractivity contribution in [1.29, 1.82) is 0 Å². The van der Waals surface area contributed by atoms with Crippen molar-refractivity contribution in [3.8, 4) is 0 Å². The number of halogens is 1. The van der Waals surface area contributed by atoms with Crippen molar-refractivity contribution in [2.24, 2.45) is 5.92 Å². The van der Waals surface area contributed by atoms with E-state index in [1.165, 1.54) is 6.07 Å². The van der Waals surface area contributed by atoms with Crippen LogP contribution >= 0.6 is 0 Å². The average molecular weight is 295 g/mol. The summed E-state index contributed by atoms with van der Waals surface area (Å²) in [5.74, 6) is 0.109. The van der Waals surface area contributed by atoms with Crippen LogP contribution in [0, 0.1) is 18.7 Å². The molecule has 0 heterocycles. The van der Waals surface area contributed by atoms with Gasteiger partial charge in [-0.15, -0.1) is 0 Å². The normalized spacial score (nSPS) is 12.5. The lowest BCUT2D eigenvalue weighted by atomic mass is 10.0. The van der Waals surface area contributed by atoms with Crippen molar-refractivity contribution >= 4 is 5.97 Å². The first-order chi connectivity index (χ1) is 9.92. The number of rotatable bonds is 8. The molecule has 0 amide bonds. The number of esters is 1. The lowest BCUT2D eigenvalue weighted by Crippen LogP contribution is -2.36. The molecular formula is C17H26FNO2. The maximum absolute atomic E-state index is 13.3. The van der Waals surface area contributed by atoms with E-state index in [1.807, 2.05) is 6.07 Å². The van der Waals surface area contributed by atoms with Gasteiger partial charge in [0.25, 0.3) is 0 Å². The standard InChI is InChI=1S/C17H26FNO2/c1-5-21-17(20)10-15(19-11-12(2)3)9-14-6-7-16(18)13(4)8-14/h6-8,12,15,19H,5,9-11H2,1-4H3. The minimum atomic E-state index is -0.198. The number of hydrogen-bond donors (Lipinski definition) is 1. The van der Waals surface area contributed by atoms with Crippen LogP contribution in [0.25, 0.3) is 0 Å². The molecule has 0 aliphatic heterocycles. The molecule has 1 N–H and O–H groups in total. The molecule has 4 heteroatoms. The fraction of sp³-hybridized carbons (Fsp3) is 0.588. The van der Waals surface area contributed by atoms with E-state index in [0.29, 0.717) is 30.9 Å². The predicted octanol–water partition coefficient (Wildman–Crippen LogP) is 3.24. The average Bonchev–Trinajstić information content (AvgIpc) is 2.40. The van der Waals surface area contributed by atoms with Gasteiger partial charge in [-0.1, -0.05) is 26.0 Å². The van der Waals surface area contributed by atoms with Crippen molar-refractivity contribution in [2.45, 2.75) is 46.6 Å². The van der Waals surface area contributed by atoms with E-state index in [-0.39, 0.29) is 17.8 Å². The summed E-state index contributed by atoms with van der Waals surface area (Å²) in [4.78, 5) is 11.7. The molecule has 0 aromatic heterocycles. The topological polar surface area (TPSA) is 38.3 Å². The Hall–Kier alpha value is -1.42. The predicted molar refractivity (Wildman–Crippen MR) is 82.7 cm³/mol. The summed E-state index contributed by atoms with van der Waals surface area (Å²) in [5, 5.41) is 3.40. The Balaban J connectivity index is 2.70. The van der Waals surface area contributed by atoms with E-state index in [2.05, 4.69) is 19.2 Å². The minimum absolute atomic E-state index is 0.0105. The number of aryl methyl sites for hydroxylation is 1. The van der Waals surface area contributed by atoms with Crippen molar-refractivity contribution in [3.05, 3.63) is 35.1 Å². The molecule has 0 bridgehead atoms. The fourth-order valence-corrected chi connectivity index (χ4v) is 2.16.